The molecule has 2 aromatic rings. The summed E-state index contributed by atoms with van der Waals surface area (Å²) in [7, 11) is 0. The van der Waals surface area contributed by atoms with E-state index in [-0.39, 0.29) is 29.4 Å². The fourth-order valence-corrected chi connectivity index (χ4v) is 1.66. The minimum Gasteiger partial charge on any atom is -0.462 e. The summed E-state index contributed by atoms with van der Waals surface area (Å²) >= 11 is 0. The summed E-state index contributed by atoms with van der Waals surface area (Å²) in [5.74, 6) is -2.43. The van der Waals surface area contributed by atoms with Crippen molar-refractivity contribution in [1.29, 1.82) is 0 Å². The second-order valence-corrected chi connectivity index (χ2v) is 4.14. The zero-order valence-electron chi connectivity index (χ0n) is 11.2. The smallest absolute Gasteiger partial charge is 0.341 e. The van der Waals surface area contributed by atoms with Gasteiger partial charge in [-0.05, 0) is 25.1 Å². The molecule has 0 unspecified atom stereocenters. The number of nitrogens with one attached hydrogen (secondary N) is 1. The van der Waals surface area contributed by atoms with Crippen molar-refractivity contribution in [3.8, 4) is 0 Å². The molecule has 3 N–H and O–H groups in total. The van der Waals surface area contributed by atoms with Gasteiger partial charge in [-0.3, -0.25) is 0 Å². The lowest BCUT2D eigenvalue weighted by Gasteiger charge is -2.11. The van der Waals surface area contributed by atoms with Crippen LogP contribution in [0.5, 0.6) is 0 Å². The van der Waals surface area contributed by atoms with Crippen LogP contribution in [-0.4, -0.2) is 17.6 Å². The van der Waals surface area contributed by atoms with Gasteiger partial charge in [0.25, 0.3) is 0 Å². The predicted molar refractivity (Wildman–Crippen MR) is 74.2 cm³/mol. The van der Waals surface area contributed by atoms with Crippen molar-refractivity contribution in [2.24, 2.45) is 0 Å². The van der Waals surface area contributed by atoms with Gasteiger partial charge in [-0.15, -0.1) is 0 Å². The zero-order chi connectivity index (χ0) is 15.4. The molecule has 0 aliphatic heterocycles. The number of nitrogen functional groups attached to an aromatic ring is 1. The Hall–Kier alpha value is -2.70. The molecule has 110 valence electrons. The van der Waals surface area contributed by atoms with Crippen LogP contribution in [0.2, 0.25) is 0 Å². The minimum absolute atomic E-state index is 0.113. The average molecular weight is 293 g/mol. The fraction of sp³-hybridized carbons (Fsp3) is 0.143. The summed E-state index contributed by atoms with van der Waals surface area (Å²) in [6.45, 7) is 1.86. The highest BCUT2D eigenvalue weighted by atomic mass is 19.2. The van der Waals surface area contributed by atoms with E-state index < -0.39 is 17.6 Å². The number of carbonyl (C=O) groups excluding carboxylic acids is 1. The predicted octanol–water partition coefficient (Wildman–Crippen LogP) is 2.86. The molecule has 1 aromatic carbocycles. The molecule has 2 rings (SSSR count). The van der Waals surface area contributed by atoms with Gasteiger partial charge in [-0.2, -0.15) is 0 Å². The number of aromatic nitrogens is 1. The molecular weight excluding hydrogens is 280 g/mol. The van der Waals surface area contributed by atoms with Crippen LogP contribution in [0.1, 0.15) is 17.3 Å². The van der Waals surface area contributed by atoms with E-state index in [9.17, 15) is 13.6 Å². The van der Waals surface area contributed by atoms with Crippen LogP contribution in [0, 0.1) is 11.6 Å². The molecule has 0 fully saturated rings. The maximum absolute atomic E-state index is 13.2. The van der Waals surface area contributed by atoms with Crippen LogP contribution in [0.15, 0.2) is 30.5 Å². The Morgan fingerprint density at radius 3 is 2.76 bits per heavy atom. The second kappa shape index (κ2) is 6.17. The van der Waals surface area contributed by atoms with Gasteiger partial charge in [0, 0.05) is 11.8 Å². The minimum atomic E-state index is -1.01. The number of esters is 1. The summed E-state index contributed by atoms with van der Waals surface area (Å²) in [5, 5.41) is 2.73. The number of carbonyl (C=O) groups is 1. The first-order valence-electron chi connectivity index (χ1n) is 6.16. The van der Waals surface area contributed by atoms with E-state index in [1.807, 2.05) is 0 Å². The summed E-state index contributed by atoms with van der Waals surface area (Å²) in [4.78, 5) is 15.8. The van der Waals surface area contributed by atoms with E-state index in [2.05, 4.69) is 10.3 Å². The SMILES string of the molecule is CCOC(=O)c1cc(N)cnc1Nc1ccc(F)c(F)c1. The fourth-order valence-electron chi connectivity index (χ4n) is 1.66. The van der Waals surface area contributed by atoms with Gasteiger partial charge in [-0.1, -0.05) is 0 Å². The van der Waals surface area contributed by atoms with E-state index in [1.54, 1.807) is 6.92 Å². The third-order valence-corrected chi connectivity index (χ3v) is 2.59. The van der Waals surface area contributed by atoms with Crippen molar-refractivity contribution in [2.45, 2.75) is 6.92 Å². The molecule has 0 aliphatic carbocycles. The van der Waals surface area contributed by atoms with Crippen LogP contribution < -0.4 is 11.1 Å². The van der Waals surface area contributed by atoms with E-state index in [1.165, 1.54) is 18.3 Å². The van der Waals surface area contributed by atoms with Crippen LogP contribution in [-0.2, 0) is 4.74 Å². The maximum atomic E-state index is 13.2. The number of benzene rings is 1. The Labute approximate surface area is 119 Å². The Balaban J connectivity index is 2.34. The molecule has 0 aliphatic rings. The number of nitrogens with two attached hydrogens (primary N) is 1. The highest BCUT2D eigenvalue weighted by Gasteiger charge is 2.15. The molecule has 7 heteroatoms. The zero-order valence-corrected chi connectivity index (χ0v) is 11.2. The normalized spacial score (nSPS) is 10.2. The van der Waals surface area contributed by atoms with E-state index in [0.717, 1.165) is 12.1 Å². The number of pyridine rings is 1. The lowest BCUT2D eigenvalue weighted by Crippen LogP contribution is -2.10. The first-order valence-corrected chi connectivity index (χ1v) is 6.16. The molecule has 21 heavy (non-hydrogen) atoms. The Kier molecular flexibility index (Phi) is 4.32. The third kappa shape index (κ3) is 3.44. The largest absolute Gasteiger partial charge is 0.462 e. The molecule has 0 saturated heterocycles. The summed E-state index contributed by atoms with van der Waals surface area (Å²) in [5.41, 5.74) is 6.24. The highest BCUT2D eigenvalue weighted by molar-refractivity contribution is 5.96. The first kappa shape index (κ1) is 14.7. The molecular formula is C14H13F2N3O2. The Morgan fingerprint density at radius 2 is 2.10 bits per heavy atom. The van der Waals surface area contributed by atoms with Crippen molar-refractivity contribution in [3.63, 3.8) is 0 Å². The van der Waals surface area contributed by atoms with Crippen molar-refractivity contribution < 1.29 is 18.3 Å². The van der Waals surface area contributed by atoms with Gasteiger partial charge in [0.1, 0.15) is 11.4 Å². The van der Waals surface area contributed by atoms with Gasteiger partial charge < -0.3 is 15.8 Å². The van der Waals surface area contributed by atoms with Crippen LogP contribution in [0.25, 0.3) is 0 Å². The number of rotatable bonds is 4. The molecule has 1 aromatic heterocycles. The number of hydrogen-bond donors (Lipinski definition) is 2. The Bertz CT molecular complexity index is 677. The number of hydrogen-bond acceptors (Lipinski definition) is 5. The monoisotopic (exact) mass is 293 g/mol. The Morgan fingerprint density at radius 1 is 1.33 bits per heavy atom. The lowest BCUT2D eigenvalue weighted by atomic mass is 10.2. The molecule has 5 nitrogen and oxygen atoms in total. The van der Waals surface area contributed by atoms with Crippen LogP contribution >= 0.6 is 0 Å². The van der Waals surface area contributed by atoms with Crippen molar-refractivity contribution in [3.05, 3.63) is 47.7 Å². The number of halogens is 2. The standard InChI is InChI=1S/C14H13F2N3O2/c1-2-21-14(20)10-5-8(17)7-18-13(10)19-9-3-4-11(15)12(16)6-9/h3-7H,2,17H2,1H3,(H,18,19). The van der Waals surface area contributed by atoms with Gasteiger partial charge in [0.15, 0.2) is 11.6 Å². The molecule has 0 bridgehead atoms. The molecule has 0 saturated carbocycles. The van der Waals surface area contributed by atoms with Gasteiger partial charge in [0.2, 0.25) is 0 Å². The topological polar surface area (TPSA) is 77.2 Å². The number of ether oxygens (including phenoxy) is 1. The highest BCUT2D eigenvalue weighted by Crippen LogP contribution is 2.22. The third-order valence-electron chi connectivity index (χ3n) is 2.59. The molecule has 0 atom stereocenters. The average Bonchev–Trinajstić information content (AvgIpc) is 2.45. The molecule has 0 radical (unpaired) electrons. The van der Waals surface area contributed by atoms with Gasteiger partial charge in [0.05, 0.1) is 18.5 Å². The molecule has 0 spiro atoms. The van der Waals surface area contributed by atoms with Gasteiger partial charge >= 0.3 is 5.97 Å². The summed E-state index contributed by atoms with van der Waals surface area (Å²) in [6, 6.07) is 4.65. The molecule has 0 amide bonds. The molecule has 1 heterocycles. The maximum Gasteiger partial charge on any atom is 0.341 e. The second-order valence-electron chi connectivity index (χ2n) is 4.14. The number of nitrogens with zero attached hydrogens (tertiary/aromatic N) is 1. The van der Waals surface area contributed by atoms with Gasteiger partial charge in [-0.25, -0.2) is 18.6 Å². The van der Waals surface area contributed by atoms with E-state index >= 15 is 0 Å². The van der Waals surface area contributed by atoms with Crippen molar-refractivity contribution in [2.75, 3.05) is 17.7 Å². The van der Waals surface area contributed by atoms with Crippen molar-refractivity contribution in [1.82, 2.24) is 4.98 Å². The van der Waals surface area contributed by atoms with E-state index in [4.69, 9.17) is 10.5 Å². The summed E-state index contributed by atoms with van der Waals surface area (Å²) < 4.78 is 31.0. The summed E-state index contributed by atoms with van der Waals surface area (Å²) in [6.07, 6.45) is 1.34. The first-order chi connectivity index (χ1) is 10.0. The lowest BCUT2D eigenvalue weighted by molar-refractivity contribution is 0.0527. The van der Waals surface area contributed by atoms with Crippen LogP contribution in [0.4, 0.5) is 26.0 Å². The number of anilines is 3. The van der Waals surface area contributed by atoms with E-state index in [0.29, 0.717) is 0 Å². The van der Waals surface area contributed by atoms with Crippen LogP contribution in [0.3, 0.4) is 0 Å². The van der Waals surface area contributed by atoms with Crippen molar-refractivity contribution >= 4 is 23.2 Å². The quantitative estimate of drug-likeness (QED) is 0.848.